The first-order valence-electron chi connectivity index (χ1n) is 6.43. The van der Waals surface area contributed by atoms with Gasteiger partial charge in [-0.1, -0.05) is 6.07 Å². The number of rotatable bonds is 4. The third kappa shape index (κ3) is 3.02. The lowest BCUT2D eigenvalue weighted by Gasteiger charge is -2.13. The molecule has 0 fully saturated rings. The molecule has 1 unspecified atom stereocenters. The quantitative estimate of drug-likeness (QED) is 0.795. The number of carbonyl (C=O) groups excluding carboxylic acids is 1. The summed E-state index contributed by atoms with van der Waals surface area (Å²) < 4.78 is 15.8. The molecule has 2 aromatic rings. The topological polar surface area (TPSA) is 48.7 Å². The molecule has 0 aliphatic rings. The van der Waals surface area contributed by atoms with Crippen LogP contribution >= 0.6 is 0 Å². The lowest BCUT2D eigenvalue weighted by atomic mass is 10.1. The third-order valence-corrected chi connectivity index (χ3v) is 3.21. The summed E-state index contributed by atoms with van der Waals surface area (Å²) in [5, 5.41) is 0. The first-order chi connectivity index (χ1) is 9.51. The number of benzene rings is 1. The van der Waals surface area contributed by atoms with Crippen molar-refractivity contribution in [2.75, 3.05) is 7.11 Å². The molecule has 0 spiro atoms. The van der Waals surface area contributed by atoms with Crippen molar-refractivity contribution >= 4 is 5.97 Å². The summed E-state index contributed by atoms with van der Waals surface area (Å²) in [6, 6.07) is 9.22. The highest BCUT2D eigenvalue weighted by molar-refractivity contribution is 5.86. The van der Waals surface area contributed by atoms with Crippen LogP contribution in [0, 0.1) is 13.8 Å². The van der Waals surface area contributed by atoms with E-state index in [-0.39, 0.29) is 11.9 Å². The maximum absolute atomic E-state index is 11.3. The van der Waals surface area contributed by atoms with Crippen LogP contribution in [-0.2, 0) is 4.74 Å². The Kier molecular flexibility index (Phi) is 4.13. The molecule has 0 N–H and O–H groups in total. The van der Waals surface area contributed by atoms with Gasteiger partial charge in [0.1, 0.15) is 11.5 Å². The van der Waals surface area contributed by atoms with Crippen LogP contribution in [0.15, 0.2) is 34.7 Å². The molecule has 0 saturated heterocycles. The van der Waals surface area contributed by atoms with Crippen molar-refractivity contribution in [3.63, 3.8) is 0 Å². The normalized spacial score (nSPS) is 12.0. The molecule has 0 amide bonds. The van der Waals surface area contributed by atoms with Crippen molar-refractivity contribution in [2.24, 2.45) is 0 Å². The van der Waals surface area contributed by atoms with Crippen LogP contribution in [0.5, 0.6) is 5.75 Å². The number of aryl methyl sites for hydroxylation is 2. The van der Waals surface area contributed by atoms with Gasteiger partial charge in [0.05, 0.1) is 7.11 Å². The summed E-state index contributed by atoms with van der Waals surface area (Å²) in [5.74, 6) is 1.05. The molecule has 0 bridgehead atoms. The molecular weight excluding hydrogens is 256 g/mol. The second kappa shape index (κ2) is 5.82. The number of esters is 1. The fraction of sp³-hybridized carbons (Fsp3) is 0.312. The minimum absolute atomic E-state index is 0.179. The average Bonchev–Trinajstić information content (AvgIpc) is 2.92. The van der Waals surface area contributed by atoms with Crippen LogP contribution < -0.4 is 4.74 Å². The molecule has 1 heterocycles. The summed E-state index contributed by atoms with van der Waals surface area (Å²) >= 11 is 0. The molecule has 1 aromatic carbocycles. The van der Waals surface area contributed by atoms with E-state index in [4.69, 9.17) is 9.15 Å². The van der Waals surface area contributed by atoms with Crippen LogP contribution in [0.1, 0.15) is 40.5 Å². The second-order valence-electron chi connectivity index (χ2n) is 4.70. The van der Waals surface area contributed by atoms with Crippen LogP contribution in [0.3, 0.4) is 0 Å². The monoisotopic (exact) mass is 274 g/mol. The van der Waals surface area contributed by atoms with E-state index >= 15 is 0 Å². The van der Waals surface area contributed by atoms with Gasteiger partial charge in [-0.05, 0) is 56.2 Å². The Hall–Kier alpha value is -2.23. The summed E-state index contributed by atoms with van der Waals surface area (Å²) in [7, 11) is 1.32. The maximum atomic E-state index is 11.3. The van der Waals surface area contributed by atoms with Crippen molar-refractivity contribution in [1.82, 2.24) is 0 Å². The van der Waals surface area contributed by atoms with Gasteiger partial charge in [0, 0.05) is 0 Å². The SMILES string of the molecule is COC(=O)c1ccc(C(C)Oc2ccc(C)c(C)c2)o1. The Balaban J connectivity index is 2.11. The Morgan fingerprint density at radius 1 is 1.15 bits per heavy atom. The summed E-state index contributed by atoms with van der Waals surface area (Å²) in [6.07, 6.45) is -0.282. The number of hydrogen-bond donors (Lipinski definition) is 0. The minimum Gasteiger partial charge on any atom is -0.483 e. The van der Waals surface area contributed by atoms with Crippen LogP contribution in [-0.4, -0.2) is 13.1 Å². The van der Waals surface area contributed by atoms with Crippen LogP contribution in [0.25, 0.3) is 0 Å². The fourth-order valence-electron chi connectivity index (χ4n) is 1.83. The van der Waals surface area contributed by atoms with Gasteiger partial charge in [-0.2, -0.15) is 0 Å². The zero-order chi connectivity index (χ0) is 14.7. The number of carbonyl (C=O) groups is 1. The van der Waals surface area contributed by atoms with Crippen molar-refractivity contribution in [3.05, 3.63) is 53.0 Å². The Morgan fingerprint density at radius 2 is 1.90 bits per heavy atom. The standard InChI is InChI=1S/C16H18O4/c1-10-5-6-13(9-11(10)2)19-12(3)14-7-8-15(20-14)16(17)18-4/h5-9,12H,1-4H3. The average molecular weight is 274 g/mol. The zero-order valence-corrected chi connectivity index (χ0v) is 12.1. The van der Waals surface area contributed by atoms with E-state index < -0.39 is 5.97 Å². The van der Waals surface area contributed by atoms with Gasteiger partial charge in [-0.25, -0.2) is 4.79 Å². The van der Waals surface area contributed by atoms with E-state index in [9.17, 15) is 4.79 Å². The second-order valence-corrected chi connectivity index (χ2v) is 4.70. The van der Waals surface area contributed by atoms with E-state index in [1.165, 1.54) is 18.2 Å². The van der Waals surface area contributed by atoms with E-state index in [0.29, 0.717) is 5.76 Å². The molecule has 0 aliphatic carbocycles. The molecule has 4 heteroatoms. The van der Waals surface area contributed by atoms with Crippen LogP contribution in [0.2, 0.25) is 0 Å². The largest absolute Gasteiger partial charge is 0.483 e. The van der Waals surface area contributed by atoms with Crippen molar-refractivity contribution in [3.8, 4) is 5.75 Å². The number of furan rings is 1. The molecule has 1 atom stereocenters. The molecule has 106 valence electrons. The van der Waals surface area contributed by atoms with Gasteiger partial charge in [0.15, 0.2) is 6.10 Å². The van der Waals surface area contributed by atoms with Gasteiger partial charge in [0.2, 0.25) is 5.76 Å². The maximum Gasteiger partial charge on any atom is 0.373 e. The third-order valence-electron chi connectivity index (χ3n) is 3.21. The van der Waals surface area contributed by atoms with Gasteiger partial charge >= 0.3 is 5.97 Å². The number of ether oxygens (including phenoxy) is 2. The lowest BCUT2D eigenvalue weighted by molar-refractivity contribution is 0.0558. The predicted molar refractivity (Wildman–Crippen MR) is 75.0 cm³/mol. The molecule has 0 radical (unpaired) electrons. The molecule has 1 aromatic heterocycles. The van der Waals surface area contributed by atoms with Gasteiger partial charge in [-0.15, -0.1) is 0 Å². The Morgan fingerprint density at radius 3 is 2.55 bits per heavy atom. The van der Waals surface area contributed by atoms with Gasteiger partial charge in [-0.3, -0.25) is 0 Å². The predicted octanol–water partition coefficient (Wildman–Crippen LogP) is 3.82. The highest BCUT2D eigenvalue weighted by atomic mass is 16.5. The zero-order valence-electron chi connectivity index (χ0n) is 12.1. The minimum atomic E-state index is -0.491. The van der Waals surface area contributed by atoms with Gasteiger partial charge in [0.25, 0.3) is 0 Å². The van der Waals surface area contributed by atoms with Crippen molar-refractivity contribution in [2.45, 2.75) is 26.9 Å². The van der Waals surface area contributed by atoms with Gasteiger partial charge < -0.3 is 13.9 Å². The van der Waals surface area contributed by atoms with Crippen molar-refractivity contribution < 1.29 is 18.7 Å². The van der Waals surface area contributed by atoms with Crippen molar-refractivity contribution in [1.29, 1.82) is 0 Å². The Bertz CT molecular complexity index is 613. The first kappa shape index (κ1) is 14.2. The molecule has 20 heavy (non-hydrogen) atoms. The number of methoxy groups -OCH3 is 1. The summed E-state index contributed by atoms with van der Waals surface area (Å²) in [6.45, 7) is 5.96. The first-order valence-corrected chi connectivity index (χ1v) is 6.43. The number of hydrogen-bond acceptors (Lipinski definition) is 4. The van der Waals surface area contributed by atoms with E-state index in [1.54, 1.807) is 12.1 Å². The van der Waals surface area contributed by atoms with E-state index in [1.807, 2.05) is 32.0 Å². The summed E-state index contributed by atoms with van der Waals surface area (Å²) in [4.78, 5) is 11.3. The Labute approximate surface area is 118 Å². The highest BCUT2D eigenvalue weighted by Gasteiger charge is 2.16. The lowest BCUT2D eigenvalue weighted by Crippen LogP contribution is -2.03. The molecule has 4 nitrogen and oxygen atoms in total. The summed E-state index contributed by atoms with van der Waals surface area (Å²) in [5.41, 5.74) is 2.39. The molecule has 0 saturated carbocycles. The van der Waals surface area contributed by atoms with E-state index in [0.717, 1.165) is 5.75 Å². The molecular formula is C16H18O4. The van der Waals surface area contributed by atoms with Crippen LogP contribution in [0.4, 0.5) is 0 Å². The fourth-order valence-corrected chi connectivity index (χ4v) is 1.83. The van der Waals surface area contributed by atoms with E-state index in [2.05, 4.69) is 11.7 Å². The smallest absolute Gasteiger partial charge is 0.373 e. The molecule has 0 aliphatic heterocycles. The molecule has 2 rings (SSSR count). The highest BCUT2D eigenvalue weighted by Crippen LogP contribution is 2.25.